The topological polar surface area (TPSA) is 77.1 Å². The Labute approximate surface area is 189 Å². The van der Waals surface area contributed by atoms with Crippen LogP contribution in [-0.2, 0) is 0 Å². The second-order valence-corrected chi connectivity index (χ2v) is 9.70. The first-order chi connectivity index (χ1) is 15.7. The fraction of sp³-hybridized carbons (Fsp3) is 0.240. The molecule has 0 saturated heterocycles. The summed E-state index contributed by atoms with van der Waals surface area (Å²) in [4.78, 5) is 15.4. The number of amidine groups is 1. The Balaban J connectivity index is 1.50. The molecule has 0 N–H and O–H groups in total. The summed E-state index contributed by atoms with van der Waals surface area (Å²) < 4.78 is 20.3. The highest BCUT2D eigenvalue weighted by Crippen LogP contribution is 2.66. The minimum Gasteiger partial charge on any atom is -0.618 e. The lowest BCUT2D eigenvalue weighted by Gasteiger charge is -2.41. The van der Waals surface area contributed by atoms with E-state index in [1.165, 1.54) is 0 Å². The molecule has 7 rings (SSSR count). The van der Waals surface area contributed by atoms with Crippen LogP contribution >= 0.6 is 0 Å². The van der Waals surface area contributed by atoms with Crippen molar-refractivity contribution in [2.24, 2.45) is 0 Å². The van der Waals surface area contributed by atoms with Crippen molar-refractivity contribution in [3.05, 3.63) is 64.2 Å². The first kappa shape index (κ1) is 18.5. The van der Waals surface area contributed by atoms with E-state index in [-0.39, 0.29) is 5.84 Å². The van der Waals surface area contributed by atoms with E-state index in [0.29, 0.717) is 45.7 Å². The van der Waals surface area contributed by atoms with Crippen LogP contribution in [0.3, 0.4) is 0 Å². The van der Waals surface area contributed by atoms with Gasteiger partial charge in [0.15, 0.2) is 34.5 Å². The molecule has 8 nitrogen and oxygen atoms in total. The quantitative estimate of drug-likeness (QED) is 0.227. The number of benzene rings is 3. The minimum atomic E-state index is -0.924. The first-order valence-corrected chi connectivity index (χ1v) is 10.8. The van der Waals surface area contributed by atoms with Gasteiger partial charge in [0.05, 0.1) is 0 Å². The number of hydrogen-bond donors (Lipinski definition) is 0. The molecule has 0 radical (unpaired) electrons. The Hall–Kier alpha value is -4.07. The zero-order chi connectivity index (χ0) is 22.9. The molecule has 0 saturated carbocycles. The van der Waals surface area contributed by atoms with Crippen molar-refractivity contribution >= 4 is 22.9 Å². The van der Waals surface area contributed by atoms with E-state index in [1.54, 1.807) is 39.8 Å². The van der Waals surface area contributed by atoms with Gasteiger partial charge in [-0.2, -0.15) is 0 Å². The van der Waals surface area contributed by atoms with Crippen LogP contribution in [0.25, 0.3) is 0 Å². The van der Waals surface area contributed by atoms with E-state index in [4.69, 9.17) is 14.2 Å². The number of para-hydroxylation sites is 2. The van der Waals surface area contributed by atoms with Gasteiger partial charge in [-0.3, -0.25) is 4.90 Å². The predicted octanol–water partition coefficient (Wildman–Crippen LogP) is 6.08. The minimum absolute atomic E-state index is 0.0392. The monoisotopic (exact) mass is 442 g/mol. The molecule has 33 heavy (non-hydrogen) atoms. The number of anilines is 3. The maximum absolute atomic E-state index is 13.3. The second kappa shape index (κ2) is 5.46. The lowest BCUT2D eigenvalue weighted by Crippen LogP contribution is -2.50. The zero-order valence-corrected chi connectivity index (χ0v) is 18.5. The molecule has 0 atom stereocenters. The van der Waals surface area contributed by atoms with Gasteiger partial charge in [0.25, 0.3) is 5.54 Å². The van der Waals surface area contributed by atoms with E-state index in [0.717, 1.165) is 20.9 Å². The van der Waals surface area contributed by atoms with E-state index in [1.807, 2.05) is 36.4 Å². The van der Waals surface area contributed by atoms with Gasteiger partial charge in [-0.05, 0) is 24.3 Å². The lowest BCUT2D eigenvalue weighted by atomic mass is 9.84. The van der Waals surface area contributed by atoms with Gasteiger partial charge in [0, 0.05) is 44.7 Å². The Kier molecular flexibility index (Phi) is 3.06. The van der Waals surface area contributed by atoms with Crippen LogP contribution in [0, 0.1) is 10.1 Å². The lowest BCUT2D eigenvalue weighted by molar-refractivity contribution is -0.555. The van der Waals surface area contributed by atoms with Crippen LogP contribution in [0.1, 0.15) is 33.3 Å². The predicted molar refractivity (Wildman–Crippen MR) is 121 cm³/mol. The summed E-state index contributed by atoms with van der Waals surface area (Å²) in [7, 11) is 0. The van der Waals surface area contributed by atoms with Gasteiger partial charge in [-0.15, -0.1) is 4.74 Å². The van der Waals surface area contributed by atoms with Gasteiger partial charge in [-0.25, -0.2) is 0 Å². The molecule has 4 aliphatic heterocycles. The summed E-state index contributed by atoms with van der Waals surface area (Å²) >= 11 is 0. The number of rotatable bonds is 1. The van der Waals surface area contributed by atoms with Gasteiger partial charge < -0.3 is 19.4 Å². The highest BCUT2D eigenvalue weighted by molar-refractivity contribution is 6.01. The highest BCUT2D eigenvalue weighted by Gasteiger charge is 2.68. The van der Waals surface area contributed by atoms with Crippen molar-refractivity contribution < 1.29 is 23.7 Å². The van der Waals surface area contributed by atoms with Gasteiger partial charge in [-0.1, -0.05) is 12.1 Å². The van der Waals surface area contributed by atoms with Crippen molar-refractivity contribution in [3.63, 3.8) is 0 Å². The smallest absolute Gasteiger partial charge is 0.505 e. The standard InChI is InChI=1S/C25H20N3O5/c1-24(2)25(3,4)28(30)23(27(24)29)13-11-18-22-19(12-13)33-17-10-6-8-15-21(17)26(22)20-14(31-15)7-5-9-16(20)32-18/h5-12H,1-4H3/q+1. The van der Waals surface area contributed by atoms with Crippen LogP contribution in [0.2, 0.25) is 0 Å². The Morgan fingerprint density at radius 2 is 1.15 bits per heavy atom. The average Bonchev–Trinajstić information content (AvgIpc) is 2.90. The summed E-state index contributed by atoms with van der Waals surface area (Å²) in [6.07, 6.45) is 0. The van der Waals surface area contributed by atoms with Crippen molar-refractivity contribution in [2.75, 3.05) is 4.90 Å². The summed E-state index contributed by atoms with van der Waals surface area (Å²) in [5, 5.41) is 13.3. The molecule has 3 aromatic rings. The van der Waals surface area contributed by atoms with Crippen LogP contribution in [0.4, 0.5) is 17.1 Å². The van der Waals surface area contributed by atoms with Gasteiger partial charge in [0.2, 0.25) is 5.54 Å². The maximum atomic E-state index is 13.3. The molecule has 4 aliphatic rings. The average molecular weight is 442 g/mol. The second-order valence-electron chi connectivity index (χ2n) is 9.70. The van der Waals surface area contributed by atoms with Crippen molar-refractivity contribution in [3.8, 4) is 34.5 Å². The largest absolute Gasteiger partial charge is 0.618 e. The third-order valence-corrected chi connectivity index (χ3v) is 7.45. The van der Waals surface area contributed by atoms with Crippen molar-refractivity contribution in [1.29, 1.82) is 0 Å². The Morgan fingerprint density at radius 1 is 0.727 bits per heavy atom. The summed E-state index contributed by atoms with van der Waals surface area (Å²) in [5.41, 5.74) is 0.912. The van der Waals surface area contributed by atoms with Gasteiger partial charge in [0.1, 0.15) is 27.4 Å². The summed E-state index contributed by atoms with van der Waals surface area (Å²) in [6, 6.07) is 14.8. The van der Waals surface area contributed by atoms with Gasteiger partial charge >= 0.3 is 5.84 Å². The maximum Gasteiger partial charge on any atom is 0.505 e. The zero-order valence-electron chi connectivity index (χ0n) is 18.5. The molecule has 0 fully saturated rings. The molecule has 3 aromatic carbocycles. The Morgan fingerprint density at radius 3 is 1.58 bits per heavy atom. The van der Waals surface area contributed by atoms with Crippen LogP contribution < -0.4 is 19.1 Å². The molecule has 8 heteroatoms. The fourth-order valence-corrected chi connectivity index (χ4v) is 4.90. The van der Waals surface area contributed by atoms with E-state index >= 15 is 0 Å². The molecule has 0 bridgehead atoms. The van der Waals surface area contributed by atoms with Crippen LogP contribution in [0.5, 0.6) is 34.5 Å². The third-order valence-electron chi connectivity index (χ3n) is 7.45. The van der Waals surface area contributed by atoms with Crippen molar-refractivity contribution in [2.45, 2.75) is 38.8 Å². The summed E-state index contributed by atoms with van der Waals surface area (Å²) in [5.74, 6) is 3.67. The molecule has 4 heterocycles. The normalized spacial score (nSPS) is 19.5. The third kappa shape index (κ3) is 2.00. The molecular formula is C25H20N3O5+. The highest BCUT2D eigenvalue weighted by atomic mass is 16.5. The Bertz CT molecular complexity index is 1410. The van der Waals surface area contributed by atoms with E-state index < -0.39 is 11.1 Å². The number of hydroxylamine groups is 1. The van der Waals surface area contributed by atoms with Crippen molar-refractivity contribution in [1.82, 2.24) is 0 Å². The summed E-state index contributed by atoms with van der Waals surface area (Å²) in [6.45, 7) is 7.10. The molecule has 0 aliphatic carbocycles. The fourth-order valence-electron chi connectivity index (χ4n) is 4.90. The molecular weight excluding hydrogens is 422 g/mol. The number of nitroso groups, excluding NO2 is 1. The molecule has 0 spiro atoms. The number of ether oxygens (including phenoxy) is 3. The SMILES string of the molecule is CC1(C)[N+](=O)C(c2cc3c4c(c2)Oc2cccc5c2N4c2c(cccc2O3)O5)=[N+]([O-])C1(C)C. The van der Waals surface area contributed by atoms with Crippen LogP contribution in [-0.4, -0.2) is 26.4 Å². The van der Waals surface area contributed by atoms with E-state index in [2.05, 4.69) is 4.90 Å². The molecule has 0 amide bonds. The number of hydrogen-bond acceptors (Lipinski definition) is 6. The molecule has 0 unspecified atom stereocenters. The van der Waals surface area contributed by atoms with E-state index in [9.17, 15) is 10.1 Å². The molecule has 0 aromatic heterocycles. The number of nitrogens with zero attached hydrogens (tertiary/aromatic N) is 3. The first-order valence-electron chi connectivity index (χ1n) is 10.8. The molecule has 164 valence electrons. The van der Waals surface area contributed by atoms with Crippen LogP contribution in [0.15, 0.2) is 48.5 Å².